The zero-order valence-corrected chi connectivity index (χ0v) is 10.2. The van der Waals surface area contributed by atoms with E-state index in [9.17, 15) is 4.79 Å². The molecule has 1 heterocycles. The topological polar surface area (TPSA) is 46.9 Å². The van der Waals surface area contributed by atoms with Crippen LogP contribution in [0.2, 0.25) is 10.3 Å². The standard InChI is InChI=1S/C11H9Cl2N3O/c12-8-3-1-2-4-9(8)15-10(17)7-16-6-5-14-11(16)13/h1-6H,7H2,(H,15,17). The first kappa shape index (κ1) is 12.0. The first-order valence-corrected chi connectivity index (χ1v) is 5.63. The van der Waals surface area contributed by atoms with Crippen molar-refractivity contribution in [3.8, 4) is 0 Å². The van der Waals surface area contributed by atoms with Gasteiger partial charge in [-0.3, -0.25) is 4.79 Å². The maximum atomic E-state index is 11.7. The Labute approximate surface area is 108 Å². The first-order chi connectivity index (χ1) is 8.16. The zero-order chi connectivity index (χ0) is 12.3. The Morgan fingerprint density at radius 2 is 2.12 bits per heavy atom. The molecule has 88 valence electrons. The molecule has 1 amide bonds. The Morgan fingerprint density at radius 3 is 2.76 bits per heavy atom. The van der Waals surface area contributed by atoms with Gasteiger partial charge in [0.25, 0.3) is 0 Å². The van der Waals surface area contributed by atoms with Gasteiger partial charge in [0.2, 0.25) is 11.2 Å². The van der Waals surface area contributed by atoms with Gasteiger partial charge in [0.15, 0.2) is 0 Å². The van der Waals surface area contributed by atoms with Crippen molar-refractivity contribution in [3.05, 3.63) is 47.0 Å². The second kappa shape index (κ2) is 5.21. The van der Waals surface area contributed by atoms with E-state index in [2.05, 4.69) is 10.3 Å². The molecule has 0 saturated carbocycles. The molecule has 0 radical (unpaired) electrons. The summed E-state index contributed by atoms with van der Waals surface area (Å²) in [6, 6.07) is 7.04. The molecule has 0 unspecified atom stereocenters. The molecule has 0 aliphatic carbocycles. The van der Waals surface area contributed by atoms with E-state index in [1.54, 1.807) is 30.5 Å². The Bertz CT molecular complexity index is 539. The summed E-state index contributed by atoms with van der Waals surface area (Å²) in [5, 5.41) is 3.47. The van der Waals surface area contributed by atoms with Crippen molar-refractivity contribution in [1.82, 2.24) is 9.55 Å². The number of nitrogens with one attached hydrogen (secondary N) is 1. The fourth-order valence-electron chi connectivity index (χ4n) is 1.34. The summed E-state index contributed by atoms with van der Waals surface area (Å²) >= 11 is 11.7. The predicted octanol–water partition coefficient (Wildman–Crippen LogP) is 2.83. The summed E-state index contributed by atoms with van der Waals surface area (Å²) in [6.07, 6.45) is 3.17. The minimum atomic E-state index is -0.210. The molecule has 2 rings (SSSR count). The number of carbonyl (C=O) groups is 1. The maximum Gasteiger partial charge on any atom is 0.244 e. The molecule has 0 aliphatic heterocycles. The lowest BCUT2D eigenvalue weighted by Gasteiger charge is -2.07. The predicted molar refractivity (Wildman–Crippen MR) is 67.3 cm³/mol. The van der Waals surface area contributed by atoms with Crippen LogP contribution >= 0.6 is 23.2 Å². The lowest BCUT2D eigenvalue weighted by molar-refractivity contribution is -0.116. The number of carbonyl (C=O) groups excluding carboxylic acids is 1. The monoisotopic (exact) mass is 269 g/mol. The van der Waals surface area contributed by atoms with Crippen LogP contribution in [0.5, 0.6) is 0 Å². The van der Waals surface area contributed by atoms with E-state index in [0.717, 1.165) is 0 Å². The minimum Gasteiger partial charge on any atom is -0.323 e. The quantitative estimate of drug-likeness (QED) is 0.932. The molecule has 0 fully saturated rings. The highest BCUT2D eigenvalue weighted by atomic mass is 35.5. The van der Waals surface area contributed by atoms with Crippen molar-refractivity contribution < 1.29 is 4.79 Å². The molecular formula is C11H9Cl2N3O. The summed E-state index contributed by atoms with van der Waals surface area (Å²) in [5.74, 6) is -0.210. The summed E-state index contributed by atoms with van der Waals surface area (Å²) in [6.45, 7) is 0.101. The van der Waals surface area contributed by atoms with Gasteiger partial charge in [0.05, 0.1) is 10.7 Å². The van der Waals surface area contributed by atoms with E-state index < -0.39 is 0 Å². The lowest BCUT2D eigenvalue weighted by atomic mass is 10.3. The number of rotatable bonds is 3. The molecule has 1 aromatic carbocycles. The van der Waals surface area contributed by atoms with Crippen LogP contribution in [0, 0.1) is 0 Å². The molecule has 0 saturated heterocycles. The number of benzene rings is 1. The van der Waals surface area contributed by atoms with Gasteiger partial charge in [0.1, 0.15) is 6.54 Å². The number of hydrogen-bond acceptors (Lipinski definition) is 2. The van der Waals surface area contributed by atoms with Gasteiger partial charge in [-0.1, -0.05) is 23.7 Å². The first-order valence-electron chi connectivity index (χ1n) is 4.88. The second-order valence-electron chi connectivity index (χ2n) is 3.35. The molecule has 0 aliphatic rings. The number of halogens is 2. The highest BCUT2D eigenvalue weighted by Gasteiger charge is 2.07. The van der Waals surface area contributed by atoms with Gasteiger partial charge in [-0.2, -0.15) is 0 Å². The lowest BCUT2D eigenvalue weighted by Crippen LogP contribution is -2.18. The Kier molecular flexibility index (Phi) is 3.66. The molecule has 2 aromatic rings. The molecular weight excluding hydrogens is 261 g/mol. The molecule has 6 heteroatoms. The van der Waals surface area contributed by atoms with Crippen LogP contribution in [-0.2, 0) is 11.3 Å². The number of amides is 1. The van der Waals surface area contributed by atoms with E-state index in [0.29, 0.717) is 10.7 Å². The van der Waals surface area contributed by atoms with Gasteiger partial charge in [-0.15, -0.1) is 0 Å². The van der Waals surface area contributed by atoms with Crippen molar-refractivity contribution in [2.24, 2.45) is 0 Å². The average Bonchev–Trinajstić information content (AvgIpc) is 2.68. The van der Waals surface area contributed by atoms with Crippen LogP contribution in [0.4, 0.5) is 5.69 Å². The Morgan fingerprint density at radius 1 is 1.35 bits per heavy atom. The van der Waals surface area contributed by atoms with Gasteiger partial charge in [0, 0.05) is 12.4 Å². The average molecular weight is 270 g/mol. The van der Waals surface area contributed by atoms with Crippen LogP contribution in [-0.4, -0.2) is 15.5 Å². The maximum absolute atomic E-state index is 11.7. The van der Waals surface area contributed by atoms with Gasteiger partial charge in [-0.25, -0.2) is 4.98 Å². The molecule has 4 nitrogen and oxygen atoms in total. The van der Waals surface area contributed by atoms with Crippen LogP contribution in [0.1, 0.15) is 0 Å². The largest absolute Gasteiger partial charge is 0.323 e. The van der Waals surface area contributed by atoms with Crippen LogP contribution in [0.25, 0.3) is 0 Å². The van der Waals surface area contributed by atoms with E-state index >= 15 is 0 Å². The summed E-state index contributed by atoms with van der Waals surface area (Å²) in [4.78, 5) is 15.5. The third kappa shape index (κ3) is 2.99. The fourth-order valence-corrected chi connectivity index (χ4v) is 1.69. The molecule has 0 spiro atoms. The third-order valence-electron chi connectivity index (χ3n) is 2.13. The molecule has 1 aromatic heterocycles. The van der Waals surface area contributed by atoms with Crippen molar-refractivity contribution in [1.29, 1.82) is 0 Å². The SMILES string of the molecule is O=C(Cn1ccnc1Cl)Nc1ccccc1Cl. The molecule has 0 bridgehead atoms. The van der Waals surface area contributed by atoms with E-state index in [-0.39, 0.29) is 17.7 Å². The van der Waals surface area contributed by atoms with Crippen molar-refractivity contribution in [3.63, 3.8) is 0 Å². The van der Waals surface area contributed by atoms with Gasteiger partial charge < -0.3 is 9.88 Å². The van der Waals surface area contributed by atoms with Crippen LogP contribution in [0.3, 0.4) is 0 Å². The third-order valence-corrected chi connectivity index (χ3v) is 2.77. The van der Waals surface area contributed by atoms with Crippen LogP contribution < -0.4 is 5.32 Å². The van der Waals surface area contributed by atoms with E-state index in [4.69, 9.17) is 23.2 Å². The summed E-state index contributed by atoms with van der Waals surface area (Å²) < 4.78 is 1.54. The number of anilines is 1. The number of aromatic nitrogens is 2. The minimum absolute atomic E-state index is 0.101. The van der Waals surface area contributed by atoms with Crippen molar-refractivity contribution in [2.75, 3.05) is 5.32 Å². The smallest absolute Gasteiger partial charge is 0.244 e. The van der Waals surface area contributed by atoms with Crippen molar-refractivity contribution in [2.45, 2.75) is 6.54 Å². The van der Waals surface area contributed by atoms with Gasteiger partial charge >= 0.3 is 0 Å². The molecule has 1 N–H and O–H groups in total. The zero-order valence-electron chi connectivity index (χ0n) is 8.73. The Balaban J connectivity index is 2.03. The highest BCUT2D eigenvalue weighted by molar-refractivity contribution is 6.33. The van der Waals surface area contributed by atoms with E-state index in [1.807, 2.05) is 0 Å². The molecule has 0 atom stereocenters. The highest BCUT2D eigenvalue weighted by Crippen LogP contribution is 2.20. The number of hydrogen-bond donors (Lipinski definition) is 1. The molecule has 17 heavy (non-hydrogen) atoms. The number of nitrogens with zero attached hydrogens (tertiary/aromatic N) is 2. The normalized spacial score (nSPS) is 10.2. The fraction of sp³-hybridized carbons (Fsp3) is 0.0909. The van der Waals surface area contributed by atoms with Gasteiger partial charge in [-0.05, 0) is 23.7 Å². The summed E-state index contributed by atoms with van der Waals surface area (Å²) in [7, 11) is 0. The number of para-hydroxylation sites is 1. The van der Waals surface area contributed by atoms with E-state index in [1.165, 1.54) is 10.8 Å². The second-order valence-corrected chi connectivity index (χ2v) is 4.10. The van der Waals surface area contributed by atoms with Crippen LogP contribution in [0.15, 0.2) is 36.7 Å². The van der Waals surface area contributed by atoms with Crippen molar-refractivity contribution >= 4 is 34.8 Å². The summed E-state index contributed by atoms with van der Waals surface area (Å²) in [5.41, 5.74) is 0.579. The number of imidazole rings is 1. The Hall–Kier alpha value is -1.52.